The van der Waals surface area contributed by atoms with E-state index in [4.69, 9.17) is 9.47 Å². The van der Waals surface area contributed by atoms with Crippen LogP contribution >= 0.6 is 0 Å². The fraction of sp³-hybridized carbons (Fsp3) is 0.538. The molecule has 1 fully saturated rings. The quantitative estimate of drug-likeness (QED) is 0.874. The molecule has 0 spiro atoms. The summed E-state index contributed by atoms with van der Waals surface area (Å²) in [6, 6.07) is 1.71. The number of aryl methyl sites for hydroxylation is 1. The molecule has 1 aliphatic rings. The van der Waals surface area contributed by atoms with Gasteiger partial charge < -0.3 is 19.5 Å². The maximum Gasteiger partial charge on any atom is 0.339 e. The number of nitrogens with zero attached hydrogens (tertiary/aromatic N) is 2. The number of ether oxygens (including phenoxy) is 2. The van der Waals surface area contributed by atoms with Crippen molar-refractivity contribution in [3.05, 3.63) is 23.4 Å². The second-order valence-electron chi connectivity index (χ2n) is 4.53. The highest BCUT2D eigenvalue weighted by atomic mass is 16.5. The Hall–Kier alpha value is -1.66. The summed E-state index contributed by atoms with van der Waals surface area (Å²) < 4.78 is 10.6. The molecule has 0 aliphatic carbocycles. The van der Waals surface area contributed by atoms with Gasteiger partial charge in [0.05, 0.1) is 19.3 Å². The molecule has 1 aromatic heterocycles. The van der Waals surface area contributed by atoms with E-state index in [2.05, 4.69) is 4.98 Å². The number of hydrogen-bond donors (Lipinski definition) is 1. The van der Waals surface area contributed by atoms with Crippen LogP contribution < -0.4 is 4.90 Å². The Morgan fingerprint density at radius 3 is 3.16 bits per heavy atom. The van der Waals surface area contributed by atoms with Crippen molar-refractivity contribution in [3.63, 3.8) is 0 Å². The highest BCUT2D eigenvalue weighted by Crippen LogP contribution is 2.23. The van der Waals surface area contributed by atoms with Crippen molar-refractivity contribution in [2.45, 2.75) is 13.0 Å². The van der Waals surface area contributed by atoms with E-state index in [0.29, 0.717) is 37.7 Å². The minimum atomic E-state index is -0.949. The number of carboxylic acids is 1. The molecule has 2 heterocycles. The summed E-state index contributed by atoms with van der Waals surface area (Å²) >= 11 is 0. The Morgan fingerprint density at radius 1 is 1.68 bits per heavy atom. The third-order valence-electron chi connectivity index (χ3n) is 3.14. The molecular weight excluding hydrogens is 248 g/mol. The Balaban J connectivity index is 2.26. The number of aromatic carboxylic acids is 1. The number of aromatic nitrogens is 1. The Bertz CT molecular complexity index is 462. The Morgan fingerprint density at radius 2 is 2.47 bits per heavy atom. The van der Waals surface area contributed by atoms with Crippen LogP contribution in [0, 0.1) is 6.92 Å². The summed E-state index contributed by atoms with van der Waals surface area (Å²) in [7, 11) is 1.62. The van der Waals surface area contributed by atoms with Crippen LogP contribution in [0.1, 0.15) is 15.9 Å². The molecule has 0 amide bonds. The van der Waals surface area contributed by atoms with Gasteiger partial charge in [-0.1, -0.05) is 0 Å². The highest BCUT2D eigenvalue weighted by molar-refractivity contribution is 5.95. The fourth-order valence-electron chi connectivity index (χ4n) is 2.25. The predicted molar refractivity (Wildman–Crippen MR) is 69.8 cm³/mol. The SMILES string of the molecule is COC[C@H]1CN(c2nccc(C)c2C(=O)O)CCO1. The lowest BCUT2D eigenvalue weighted by Gasteiger charge is -2.34. The van der Waals surface area contributed by atoms with Gasteiger partial charge in [0.15, 0.2) is 0 Å². The van der Waals surface area contributed by atoms with Gasteiger partial charge in [-0.2, -0.15) is 0 Å². The molecule has 0 saturated carbocycles. The van der Waals surface area contributed by atoms with Crippen molar-refractivity contribution in [1.82, 2.24) is 4.98 Å². The van der Waals surface area contributed by atoms with Crippen LogP contribution in [0.25, 0.3) is 0 Å². The largest absolute Gasteiger partial charge is 0.478 e. The predicted octanol–water partition coefficient (Wildman–Crippen LogP) is 0.940. The van der Waals surface area contributed by atoms with Gasteiger partial charge >= 0.3 is 5.97 Å². The van der Waals surface area contributed by atoms with Crippen LogP contribution in [0.5, 0.6) is 0 Å². The number of morpholine rings is 1. The lowest BCUT2D eigenvalue weighted by atomic mass is 10.1. The average molecular weight is 266 g/mol. The van der Waals surface area contributed by atoms with E-state index in [9.17, 15) is 9.90 Å². The summed E-state index contributed by atoms with van der Waals surface area (Å²) in [6.07, 6.45) is 1.58. The molecule has 104 valence electrons. The van der Waals surface area contributed by atoms with E-state index in [1.807, 2.05) is 4.90 Å². The lowest BCUT2D eigenvalue weighted by molar-refractivity contribution is -0.0103. The normalized spacial score (nSPS) is 19.5. The van der Waals surface area contributed by atoms with Crippen LogP contribution in [-0.2, 0) is 9.47 Å². The monoisotopic (exact) mass is 266 g/mol. The van der Waals surface area contributed by atoms with Crippen molar-refractivity contribution < 1.29 is 19.4 Å². The topological polar surface area (TPSA) is 71.9 Å². The van der Waals surface area contributed by atoms with E-state index < -0.39 is 5.97 Å². The van der Waals surface area contributed by atoms with Gasteiger partial charge in [0, 0.05) is 26.4 Å². The number of methoxy groups -OCH3 is 1. The summed E-state index contributed by atoms with van der Waals surface area (Å²) in [6.45, 7) is 4.04. The van der Waals surface area contributed by atoms with E-state index >= 15 is 0 Å². The summed E-state index contributed by atoms with van der Waals surface area (Å²) in [4.78, 5) is 17.5. The molecule has 2 rings (SSSR count). The van der Waals surface area contributed by atoms with Gasteiger partial charge in [-0.05, 0) is 18.6 Å². The van der Waals surface area contributed by atoms with E-state index in [1.54, 1.807) is 26.3 Å². The first-order valence-corrected chi connectivity index (χ1v) is 6.18. The summed E-state index contributed by atoms with van der Waals surface area (Å²) in [5.74, 6) is -0.438. The van der Waals surface area contributed by atoms with Gasteiger partial charge in [0.1, 0.15) is 11.4 Å². The molecule has 1 atom stereocenters. The van der Waals surface area contributed by atoms with Crippen LogP contribution in [0.4, 0.5) is 5.82 Å². The zero-order chi connectivity index (χ0) is 13.8. The van der Waals surface area contributed by atoms with Crippen molar-refractivity contribution in [1.29, 1.82) is 0 Å². The molecule has 0 bridgehead atoms. The van der Waals surface area contributed by atoms with Crippen molar-refractivity contribution >= 4 is 11.8 Å². The molecule has 0 unspecified atom stereocenters. The minimum Gasteiger partial charge on any atom is -0.478 e. The molecular formula is C13H18N2O4. The van der Waals surface area contributed by atoms with Crippen molar-refractivity contribution in [2.75, 3.05) is 38.3 Å². The fourth-order valence-corrected chi connectivity index (χ4v) is 2.25. The maximum absolute atomic E-state index is 11.4. The van der Waals surface area contributed by atoms with Crippen LogP contribution in [0.2, 0.25) is 0 Å². The highest BCUT2D eigenvalue weighted by Gasteiger charge is 2.25. The molecule has 1 saturated heterocycles. The van der Waals surface area contributed by atoms with Crippen LogP contribution in [0.15, 0.2) is 12.3 Å². The van der Waals surface area contributed by atoms with Crippen molar-refractivity contribution in [2.24, 2.45) is 0 Å². The summed E-state index contributed by atoms with van der Waals surface area (Å²) in [5, 5.41) is 9.32. The number of rotatable bonds is 4. The average Bonchev–Trinajstić information content (AvgIpc) is 2.38. The van der Waals surface area contributed by atoms with E-state index in [0.717, 1.165) is 0 Å². The zero-order valence-electron chi connectivity index (χ0n) is 11.1. The third-order valence-corrected chi connectivity index (χ3v) is 3.14. The molecule has 6 heteroatoms. The summed E-state index contributed by atoms with van der Waals surface area (Å²) in [5.41, 5.74) is 0.979. The van der Waals surface area contributed by atoms with E-state index in [-0.39, 0.29) is 11.7 Å². The second-order valence-corrected chi connectivity index (χ2v) is 4.53. The molecule has 0 aromatic carbocycles. The van der Waals surface area contributed by atoms with Gasteiger partial charge in [-0.25, -0.2) is 9.78 Å². The first-order chi connectivity index (χ1) is 9.13. The molecule has 1 N–H and O–H groups in total. The number of hydrogen-bond acceptors (Lipinski definition) is 5. The number of carbonyl (C=O) groups is 1. The molecule has 1 aliphatic heterocycles. The number of anilines is 1. The molecule has 0 radical (unpaired) electrons. The first kappa shape index (κ1) is 13.8. The van der Waals surface area contributed by atoms with Gasteiger partial charge in [-0.3, -0.25) is 0 Å². The third kappa shape index (κ3) is 3.02. The standard InChI is InChI=1S/C13H18N2O4/c1-9-3-4-14-12(11(9)13(16)17)15-5-6-19-10(7-15)8-18-2/h3-4,10H,5-8H2,1-2H3,(H,16,17)/t10-/m1/s1. The van der Waals surface area contributed by atoms with Crippen molar-refractivity contribution in [3.8, 4) is 0 Å². The van der Waals surface area contributed by atoms with Gasteiger partial charge in [-0.15, -0.1) is 0 Å². The minimum absolute atomic E-state index is 0.0530. The van der Waals surface area contributed by atoms with Gasteiger partial charge in [0.2, 0.25) is 0 Å². The maximum atomic E-state index is 11.4. The van der Waals surface area contributed by atoms with Crippen LogP contribution in [0.3, 0.4) is 0 Å². The Kier molecular flexibility index (Phi) is 4.34. The lowest BCUT2D eigenvalue weighted by Crippen LogP contribution is -2.45. The zero-order valence-corrected chi connectivity index (χ0v) is 11.1. The number of carboxylic acid groups (broad SMARTS) is 1. The Labute approximate surface area is 112 Å². The molecule has 6 nitrogen and oxygen atoms in total. The first-order valence-electron chi connectivity index (χ1n) is 6.18. The molecule has 1 aromatic rings. The van der Waals surface area contributed by atoms with Crippen LogP contribution in [-0.4, -0.2) is 55.6 Å². The second kappa shape index (κ2) is 5.99. The molecule has 19 heavy (non-hydrogen) atoms. The number of pyridine rings is 1. The van der Waals surface area contributed by atoms with Gasteiger partial charge in [0.25, 0.3) is 0 Å². The smallest absolute Gasteiger partial charge is 0.339 e. The van der Waals surface area contributed by atoms with E-state index in [1.165, 1.54) is 0 Å².